The van der Waals surface area contributed by atoms with Crippen molar-refractivity contribution in [1.82, 2.24) is 0 Å². The van der Waals surface area contributed by atoms with Crippen LogP contribution in [0.15, 0.2) is 370 Å². The molecule has 3 aromatic heterocycles. The zero-order chi connectivity index (χ0) is 65.6. The van der Waals surface area contributed by atoms with Crippen LogP contribution in [0.4, 0.5) is 85.3 Å². The fourth-order valence-electron chi connectivity index (χ4n) is 14.1. The van der Waals surface area contributed by atoms with E-state index in [-0.39, 0.29) is 43.5 Å². The molecule has 0 unspecified atom stereocenters. The van der Waals surface area contributed by atoms with Gasteiger partial charge in [0.25, 0.3) is 0 Å². The number of fused-ring (bicyclic) bond motifs is 9. The Hall–Kier alpha value is -11.3. The van der Waals surface area contributed by atoms with Gasteiger partial charge >= 0.3 is 597 Å². The van der Waals surface area contributed by atoms with Crippen molar-refractivity contribution in [2.75, 3.05) is 24.5 Å². The first-order chi connectivity index (χ1) is 49.1. The third-order valence-electron chi connectivity index (χ3n) is 18.3. The monoisotopic (exact) mass is 1470 g/mol. The Bertz CT molecular complexity index is 5590. The molecule has 0 aliphatic carbocycles. The number of para-hydroxylation sites is 6. The van der Waals surface area contributed by atoms with Crippen LogP contribution in [-0.4, -0.2) is 43.5 Å². The van der Waals surface area contributed by atoms with Gasteiger partial charge in [0.2, 0.25) is 0 Å². The molecule has 0 saturated heterocycles. The second-order valence-electron chi connectivity index (χ2n) is 24.4. The van der Waals surface area contributed by atoms with Crippen LogP contribution in [0.3, 0.4) is 0 Å². The Morgan fingerprint density at radius 2 is 0.414 bits per heavy atom. The predicted molar refractivity (Wildman–Crippen MR) is 422 cm³/mol. The Balaban J connectivity index is 0.877. The molecule has 15 aromatic carbocycles. The van der Waals surface area contributed by atoms with Crippen molar-refractivity contribution in [3.8, 4) is 11.5 Å². The molecular formula is C90H61N5OSe3. The van der Waals surface area contributed by atoms with Gasteiger partial charge in [0.05, 0.1) is 0 Å². The van der Waals surface area contributed by atoms with E-state index in [1.165, 1.54) is 57.9 Å². The van der Waals surface area contributed by atoms with Gasteiger partial charge in [0.15, 0.2) is 0 Å². The van der Waals surface area contributed by atoms with E-state index in [0.717, 1.165) is 85.3 Å². The summed E-state index contributed by atoms with van der Waals surface area (Å²) in [4.78, 5) is 12.1. The van der Waals surface area contributed by atoms with Crippen molar-refractivity contribution < 1.29 is 4.74 Å². The van der Waals surface area contributed by atoms with E-state index in [4.69, 9.17) is 4.74 Å². The summed E-state index contributed by atoms with van der Waals surface area (Å²) in [6, 6.07) is 135. The molecule has 0 atom stereocenters. The third kappa shape index (κ3) is 11.4. The van der Waals surface area contributed by atoms with Gasteiger partial charge in [-0.2, -0.15) is 0 Å². The van der Waals surface area contributed by atoms with Crippen LogP contribution in [0, 0.1) is 0 Å². The zero-order valence-corrected chi connectivity index (χ0v) is 58.7. The second kappa shape index (κ2) is 26.2. The summed E-state index contributed by atoms with van der Waals surface area (Å²) in [5, 5.41) is 7.62. The molecule has 3 heterocycles. The van der Waals surface area contributed by atoms with Gasteiger partial charge < -0.3 is 0 Å². The summed E-state index contributed by atoms with van der Waals surface area (Å²) in [5.41, 5.74) is 15.4. The third-order valence-corrected chi connectivity index (χ3v) is 25.5. The minimum atomic E-state index is 0.0958. The SMILES string of the molecule is c1ccc(N(c2ccccc2)c2cc(N(c3ccccc3)c3ccccc3)cc(N(c3cccc(Oc4cc(N(c5ccccc5)c5cccc6[se]c7ccccc7c56)cc(N(c5ccccc5)c5cccc6[se]c7ccccc7c56)c4)c3)c3cccc4[se]c5ccccc5c34)c2)cc1. The second-order valence-corrected chi connectivity index (χ2v) is 31.2. The quantitative estimate of drug-likeness (QED) is 0.0843. The molecule has 0 radical (unpaired) electrons. The van der Waals surface area contributed by atoms with E-state index < -0.39 is 0 Å². The molecule has 0 amide bonds. The van der Waals surface area contributed by atoms with Crippen molar-refractivity contribution in [3.05, 3.63) is 370 Å². The first-order valence-electron chi connectivity index (χ1n) is 33.2. The first kappa shape index (κ1) is 60.1. The Morgan fingerprint density at radius 3 is 0.758 bits per heavy atom. The molecule has 0 N–H and O–H groups in total. The summed E-state index contributed by atoms with van der Waals surface area (Å²) in [6.07, 6.45) is 0. The summed E-state index contributed by atoms with van der Waals surface area (Å²) in [7, 11) is 0. The van der Waals surface area contributed by atoms with Crippen LogP contribution >= 0.6 is 0 Å². The van der Waals surface area contributed by atoms with Gasteiger partial charge in [0, 0.05) is 0 Å². The van der Waals surface area contributed by atoms with Crippen LogP contribution in [0.2, 0.25) is 0 Å². The van der Waals surface area contributed by atoms with E-state index >= 15 is 0 Å². The molecule has 0 saturated carbocycles. The molecule has 0 aliphatic heterocycles. The number of benzene rings is 15. The average molecular weight is 1470 g/mol. The van der Waals surface area contributed by atoms with Crippen LogP contribution in [0.5, 0.6) is 11.5 Å². The number of nitrogens with zero attached hydrogens (tertiary/aromatic N) is 5. The fourth-order valence-corrected chi connectivity index (χ4v) is 21.2. The first-order valence-corrected chi connectivity index (χ1v) is 38.3. The average Bonchev–Trinajstić information content (AvgIpc) is 1.72. The molecule has 0 spiro atoms. The normalized spacial score (nSPS) is 11.4. The summed E-state index contributed by atoms with van der Waals surface area (Å²) < 4.78 is 15.9. The number of ether oxygens (including phenoxy) is 1. The van der Waals surface area contributed by atoms with Gasteiger partial charge in [-0.1, -0.05) is 0 Å². The molecule has 18 aromatic rings. The Morgan fingerprint density at radius 1 is 0.172 bits per heavy atom. The molecule has 0 fully saturated rings. The zero-order valence-electron chi connectivity index (χ0n) is 53.6. The topological polar surface area (TPSA) is 25.4 Å². The number of hydrogen-bond acceptors (Lipinski definition) is 6. The summed E-state index contributed by atoms with van der Waals surface area (Å²) >= 11 is 0.390. The maximum atomic E-state index is 7.68. The molecule has 0 bridgehead atoms. The molecular weight excluding hydrogens is 1400 g/mol. The fraction of sp³-hybridized carbons (Fsp3) is 0. The van der Waals surface area contributed by atoms with Crippen LogP contribution in [0.1, 0.15) is 0 Å². The molecule has 99 heavy (non-hydrogen) atoms. The van der Waals surface area contributed by atoms with Gasteiger partial charge in [-0.15, -0.1) is 0 Å². The van der Waals surface area contributed by atoms with E-state index in [1.54, 1.807) is 0 Å². The van der Waals surface area contributed by atoms with Crippen molar-refractivity contribution in [2.45, 2.75) is 0 Å². The molecule has 9 heteroatoms. The minimum absolute atomic E-state index is 0.0958. The van der Waals surface area contributed by atoms with E-state index in [9.17, 15) is 0 Å². The number of rotatable bonds is 17. The van der Waals surface area contributed by atoms with E-state index in [1.807, 2.05) is 0 Å². The van der Waals surface area contributed by atoms with Gasteiger partial charge in [-0.25, -0.2) is 0 Å². The molecule has 6 nitrogen and oxygen atoms in total. The van der Waals surface area contributed by atoms with Gasteiger partial charge in [-0.3, -0.25) is 0 Å². The molecule has 0 aliphatic rings. The molecule has 18 rings (SSSR count). The standard InChI is InChI=1S/C90H61N5OSe3/c1-7-29-62(30-8-1)91(63-31-9-2-10-32-63)69-55-70(92(64-33-11-3-12-34-64)65-35-13-4-14-36-65)57-71(56-69)95(81-48-28-54-87-90(81)78-45-21-24-51-84(78)99-87)68-41-25-42-74(59-68)96-75-60-72(93(66-37-15-5-16-38-66)79-46-26-52-85-88(79)76-43-19-22-49-82(76)97-85)58-73(61-75)94(67-39-17-6-18-40-67)80-47-27-53-86-89(80)77-44-20-23-50-83(77)98-86/h1-61H. The van der Waals surface area contributed by atoms with Crippen LogP contribution < -0.4 is 29.2 Å². The Kier molecular flexibility index (Phi) is 15.9. The van der Waals surface area contributed by atoms with Gasteiger partial charge in [-0.05, 0) is 0 Å². The maximum absolute atomic E-state index is 7.68. The molecule has 470 valence electrons. The van der Waals surface area contributed by atoms with E-state index in [2.05, 4.69) is 395 Å². The number of hydrogen-bond donors (Lipinski definition) is 0. The van der Waals surface area contributed by atoms with Gasteiger partial charge in [0.1, 0.15) is 0 Å². The van der Waals surface area contributed by atoms with E-state index in [0.29, 0.717) is 11.5 Å². The summed E-state index contributed by atoms with van der Waals surface area (Å²) in [6.45, 7) is 0. The van der Waals surface area contributed by atoms with Crippen LogP contribution in [0.25, 0.3) is 57.9 Å². The summed E-state index contributed by atoms with van der Waals surface area (Å²) in [5.74, 6) is 1.37. The van der Waals surface area contributed by atoms with Crippen molar-refractivity contribution in [1.29, 1.82) is 0 Å². The van der Waals surface area contributed by atoms with Crippen molar-refractivity contribution in [2.24, 2.45) is 0 Å². The van der Waals surface area contributed by atoms with Crippen molar-refractivity contribution >= 4 is 187 Å². The van der Waals surface area contributed by atoms with Crippen LogP contribution in [-0.2, 0) is 0 Å². The predicted octanol–water partition coefficient (Wildman–Crippen LogP) is 24.9. The number of anilines is 15. The van der Waals surface area contributed by atoms with Crippen molar-refractivity contribution in [3.63, 3.8) is 0 Å². The Labute approximate surface area is 592 Å².